The fourth-order valence-electron chi connectivity index (χ4n) is 3.37. The Hall–Kier alpha value is -2.80. The molecule has 134 valence electrons. The molecule has 0 amide bonds. The van der Waals surface area contributed by atoms with Gasteiger partial charge in [0, 0.05) is 74.9 Å². The lowest BCUT2D eigenvalue weighted by Gasteiger charge is -2.39. The Labute approximate surface area is 151 Å². The van der Waals surface area contributed by atoms with Gasteiger partial charge in [0.2, 0.25) is 0 Å². The van der Waals surface area contributed by atoms with Gasteiger partial charge in [0.25, 0.3) is 5.56 Å². The first-order valence-electron chi connectivity index (χ1n) is 8.85. The number of aryl methyl sites for hydroxylation is 1. The normalized spacial score (nSPS) is 15.1. The lowest BCUT2D eigenvalue weighted by molar-refractivity contribution is 0.0852. The standard InChI is InChI=1S/C19H22N6O/c1-23-14-21-10-17(23)6-9-24-11-15(12-24)13-25-19(26)3-2-18(22-25)16-4-7-20-8-5-16/h2-5,7-8,10,14-15H,6,9,11-13H2,1H3. The molecule has 0 spiro atoms. The second-order valence-electron chi connectivity index (χ2n) is 6.85. The van der Waals surface area contributed by atoms with Gasteiger partial charge in [0.05, 0.1) is 18.6 Å². The van der Waals surface area contributed by atoms with Gasteiger partial charge in [-0.1, -0.05) is 0 Å². The molecule has 4 heterocycles. The molecule has 0 atom stereocenters. The van der Waals surface area contributed by atoms with Crippen LogP contribution < -0.4 is 5.56 Å². The van der Waals surface area contributed by atoms with Gasteiger partial charge in [-0.25, -0.2) is 9.67 Å². The maximum atomic E-state index is 12.1. The van der Waals surface area contributed by atoms with Crippen molar-refractivity contribution in [2.75, 3.05) is 19.6 Å². The van der Waals surface area contributed by atoms with E-state index < -0.39 is 0 Å². The SMILES string of the molecule is Cn1cncc1CCN1CC(Cn2nc(-c3ccncc3)ccc2=O)C1. The monoisotopic (exact) mass is 350 g/mol. The van der Waals surface area contributed by atoms with Crippen LogP contribution in [-0.2, 0) is 20.0 Å². The van der Waals surface area contributed by atoms with Crippen LogP contribution in [0.4, 0.5) is 0 Å². The summed E-state index contributed by atoms with van der Waals surface area (Å²) in [6.07, 6.45) is 8.23. The molecule has 4 rings (SSSR count). The van der Waals surface area contributed by atoms with Crippen molar-refractivity contribution in [3.63, 3.8) is 0 Å². The Morgan fingerprint density at radius 1 is 1.12 bits per heavy atom. The van der Waals surface area contributed by atoms with E-state index in [9.17, 15) is 4.79 Å². The topological polar surface area (TPSA) is 68.8 Å². The quantitative estimate of drug-likeness (QED) is 0.668. The maximum Gasteiger partial charge on any atom is 0.266 e. The van der Waals surface area contributed by atoms with Gasteiger partial charge >= 0.3 is 0 Å². The van der Waals surface area contributed by atoms with Crippen molar-refractivity contribution >= 4 is 0 Å². The molecule has 3 aromatic heterocycles. The Balaban J connectivity index is 1.34. The lowest BCUT2D eigenvalue weighted by atomic mass is 10.00. The highest BCUT2D eigenvalue weighted by Gasteiger charge is 2.27. The minimum Gasteiger partial charge on any atom is -0.338 e. The second kappa shape index (κ2) is 7.21. The highest BCUT2D eigenvalue weighted by atomic mass is 16.1. The Morgan fingerprint density at radius 2 is 1.92 bits per heavy atom. The third-order valence-electron chi connectivity index (χ3n) is 4.91. The molecule has 7 heteroatoms. The molecule has 0 N–H and O–H groups in total. The van der Waals surface area contributed by atoms with E-state index in [1.54, 1.807) is 29.2 Å². The summed E-state index contributed by atoms with van der Waals surface area (Å²) in [5.41, 5.74) is 2.98. The van der Waals surface area contributed by atoms with Crippen LogP contribution >= 0.6 is 0 Å². The van der Waals surface area contributed by atoms with Gasteiger partial charge in [-0.2, -0.15) is 5.10 Å². The molecule has 1 saturated heterocycles. The molecule has 26 heavy (non-hydrogen) atoms. The van der Waals surface area contributed by atoms with E-state index in [4.69, 9.17) is 0 Å². The van der Waals surface area contributed by atoms with Gasteiger partial charge in [-0.05, 0) is 18.2 Å². The second-order valence-corrected chi connectivity index (χ2v) is 6.85. The molecule has 0 radical (unpaired) electrons. The summed E-state index contributed by atoms with van der Waals surface area (Å²) in [4.78, 5) is 22.7. The Bertz CT molecular complexity index is 926. The molecule has 0 unspecified atom stereocenters. The van der Waals surface area contributed by atoms with Gasteiger partial charge in [0.15, 0.2) is 0 Å². The lowest BCUT2D eigenvalue weighted by Crippen LogP contribution is -2.50. The van der Waals surface area contributed by atoms with Gasteiger partial charge in [-0.3, -0.25) is 9.78 Å². The number of hydrogen-bond donors (Lipinski definition) is 0. The summed E-state index contributed by atoms with van der Waals surface area (Å²) in [5.74, 6) is 0.472. The maximum absolute atomic E-state index is 12.1. The van der Waals surface area contributed by atoms with E-state index in [0.29, 0.717) is 12.5 Å². The molecule has 1 aliphatic heterocycles. The predicted octanol–water partition coefficient (Wildman–Crippen LogP) is 1.21. The molecule has 0 aromatic carbocycles. The van der Waals surface area contributed by atoms with Crippen LogP contribution in [0.15, 0.2) is 54.0 Å². The van der Waals surface area contributed by atoms with Crippen LogP contribution in [-0.4, -0.2) is 48.8 Å². The first-order chi connectivity index (χ1) is 12.7. The number of hydrogen-bond acceptors (Lipinski definition) is 5. The molecule has 0 aliphatic carbocycles. The first kappa shape index (κ1) is 16.7. The van der Waals surface area contributed by atoms with Gasteiger partial charge in [0.1, 0.15) is 0 Å². The molecule has 1 fully saturated rings. The highest BCUT2D eigenvalue weighted by molar-refractivity contribution is 5.56. The Kier molecular flexibility index (Phi) is 4.62. The average Bonchev–Trinajstić information content (AvgIpc) is 3.04. The van der Waals surface area contributed by atoms with E-state index in [2.05, 4.69) is 24.5 Å². The van der Waals surface area contributed by atoms with Crippen molar-refractivity contribution in [1.82, 2.24) is 29.2 Å². The largest absolute Gasteiger partial charge is 0.338 e. The average molecular weight is 350 g/mol. The van der Waals surface area contributed by atoms with Crippen LogP contribution in [0.25, 0.3) is 11.3 Å². The van der Waals surface area contributed by atoms with Gasteiger partial charge < -0.3 is 9.47 Å². The summed E-state index contributed by atoms with van der Waals surface area (Å²) < 4.78 is 3.66. The van der Waals surface area contributed by atoms with Crippen LogP contribution in [0, 0.1) is 5.92 Å². The number of imidazole rings is 1. The van der Waals surface area contributed by atoms with Crippen LogP contribution in [0.2, 0.25) is 0 Å². The van der Waals surface area contributed by atoms with Crippen LogP contribution in [0.3, 0.4) is 0 Å². The van der Waals surface area contributed by atoms with E-state index in [-0.39, 0.29) is 5.56 Å². The molecule has 0 saturated carbocycles. The first-order valence-corrected chi connectivity index (χ1v) is 8.85. The van der Waals surface area contributed by atoms with E-state index >= 15 is 0 Å². The van der Waals surface area contributed by atoms with Crippen molar-refractivity contribution in [2.24, 2.45) is 13.0 Å². The number of nitrogens with zero attached hydrogens (tertiary/aromatic N) is 6. The Morgan fingerprint density at radius 3 is 2.65 bits per heavy atom. The van der Waals surface area contributed by atoms with Crippen molar-refractivity contribution in [1.29, 1.82) is 0 Å². The van der Waals surface area contributed by atoms with E-state index in [1.165, 1.54) is 5.69 Å². The molecule has 0 bridgehead atoms. The molecular weight excluding hydrogens is 328 g/mol. The van der Waals surface area contributed by atoms with Crippen LogP contribution in [0.1, 0.15) is 5.69 Å². The zero-order valence-electron chi connectivity index (χ0n) is 14.8. The summed E-state index contributed by atoms with van der Waals surface area (Å²) in [5, 5.41) is 4.53. The minimum absolute atomic E-state index is 0.0452. The smallest absolute Gasteiger partial charge is 0.266 e. The summed E-state index contributed by atoms with van der Waals surface area (Å²) in [7, 11) is 2.02. The molecule has 3 aromatic rings. The number of rotatable bonds is 6. The molecule has 1 aliphatic rings. The zero-order chi connectivity index (χ0) is 17.9. The summed E-state index contributed by atoms with van der Waals surface area (Å²) in [6, 6.07) is 7.18. The zero-order valence-corrected chi connectivity index (χ0v) is 14.8. The number of likely N-dealkylation sites (tertiary alicyclic amines) is 1. The van der Waals surface area contributed by atoms with E-state index in [0.717, 1.165) is 37.3 Å². The van der Waals surface area contributed by atoms with Gasteiger partial charge in [-0.15, -0.1) is 0 Å². The predicted molar refractivity (Wildman–Crippen MR) is 98.6 cm³/mol. The van der Waals surface area contributed by atoms with Crippen LogP contribution in [0.5, 0.6) is 0 Å². The third-order valence-corrected chi connectivity index (χ3v) is 4.91. The minimum atomic E-state index is -0.0452. The molecular formula is C19H22N6O. The number of pyridine rings is 1. The van der Waals surface area contributed by atoms with Crippen molar-refractivity contribution in [2.45, 2.75) is 13.0 Å². The van der Waals surface area contributed by atoms with Crippen molar-refractivity contribution < 1.29 is 0 Å². The number of aromatic nitrogens is 5. The van der Waals surface area contributed by atoms with Crippen molar-refractivity contribution in [3.8, 4) is 11.3 Å². The molecule has 7 nitrogen and oxygen atoms in total. The fourth-order valence-corrected chi connectivity index (χ4v) is 3.37. The summed E-state index contributed by atoms with van der Waals surface area (Å²) in [6.45, 7) is 3.70. The highest BCUT2D eigenvalue weighted by Crippen LogP contribution is 2.18. The summed E-state index contributed by atoms with van der Waals surface area (Å²) >= 11 is 0. The third kappa shape index (κ3) is 3.57. The van der Waals surface area contributed by atoms with Crippen molar-refractivity contribution in [3.05, 3.63) is 65.2 Å². The van der Waals surface area contributed by atoms with E-state index in [1.807, 2.05) is 31.7 Å². The fraction of sp³-hybridized carbons (Fsp3) is 0.368.